The van der Waals surface area contributed by atoms with Crippen molar-refractivity contribution < 1.29 is 4.74 Å². The van der Waals surface area contributed by atoms with Gasteiger partial charge in [0.05, 0.1) is 0 Å². The van der Waals surface area contributed by atoms with Gasteiger partial charge >= 0.3 is 0 Å². The van der Waals surface area contributed by atoms with Gasteiger partial charge in [-0.25, -0.2) is 0 Å². The Labute approximate surface area is 84.0 Å². The van der Waals surface area contributed by atoms with Crippen LogP contribution in [0.25, 0.3) is 0 Å². The monoisotopic (exact) mass is 183 g/mol. The van der Waals surface area contributed by atoms with E-state index in [9.17, 15) is 0 Å². The lowest BCUT2D eigenvalue weighted by Gasteiger charge is -2.03. The molecule has 0 saturated heterocycles. The summed E-state index contributed by atoms with van der Waals surface area (Å²) in [4.78, 5) is 0. The summed E-state index contributed by atoms with van der Waals surface area (Å²) in [6, 6.07) is 19.7. The molecule has 0 fully saturated rings. The summed E-state index contributed by atoms with van der Waals surface area (Å²) in [5.41, 5.74) is 1.07. The van der Waals surface area contributed by atoms with Crippen LogP contribution in [0.3, 0.4) is 0 Å². The third kappa shape index (κ3) is 2.36. The van der Waals surface area contributed by atoms with Gasteiger partial charge in [0.15, 0.2) is 6.61 Å². The normalized spacial score (nSPS) is 9.71. The molecule has 0 aliphatic rings. The van der Waals surface area contributed by atoms with Gasteiger partial charge in [-0.05, 0) is 17.7 Å². The van der Waals surface area contributed by atoms with E-state index in [0.717, 1.165) is 11.3 Å². The molecule has 0 amide bonds. The molecule has 0 unspecified atom stereocenters. The van der Waals surface area contributed by atoms with Crippen molar-refractivity contribution in [1.29, 1.82) is 0 Å². The van der Waals surface area contributed by atoms with E-state index in [1.165, 1.54) is 0 Å². The van der Waals surface area contributed by atoms with Crippen molar-refractivity contribution >= 4 is 0 Å². The molecule has 1 heteroatoms. The van der Waals surface area contributed by atoms with Crippen LogP contribution in [0.5, 0.6) is 5.75 Å². The predicted molar refractivity (Wildman–Crippen MR) is 56.9 cm³/mol. The zero-order valence-corrected chi connectivity index (χ0v) is 7.76. The van der Waals surface area contributed by atoms with Crippen LogP contribution in [0.1, 0.15) is 5.56 Å². The molecule has 2 aromatic carbocycles. The maximum atomic E-state index is 5.47. The van der Waals surface area contributed by atoms with Crippen LogP contribution < -0.4 is 4.74 Å². The lowest BCUT2D eigenvalue weighted by Crippen LogP contribution is -1.90. The molecule has 14 heavy (non-hydrogen) atoms. The first-order chi connectivity index (χ1) is 6.95. The Kier molecular flexibility index (Phi) is 2.82. The van der Waals surface area contributed by atoms with Gasteiger partial charge in [0.25, 0.3) is 0 Å². The van der Waals surface area contributed by atoms with E-state index < -0.39 is 0 Å². The van der Waals surface area contributed by atoms with Gasteiger partial charge in [-0.3, -0.25) is 0 Å². The van der Waals surface area contributed by atoms with Crippen LogP contribution in [0.4, 0.5) is 0 Å². The van der Waals surface area contributed by atoms with Crippen LogP contribution >= 0.6 is 0 Å². The standard InChI is InChI=1S/C13H11O/c1-3-7-12(8-4-1)11-14-13-9-5-2-6-10-13/h1-11H. The van der Waals surface area contributed by atoms with Crippen molar-refractivity contribution in [1.82, 2.24) is 0 Å². The molecular formula is C13H11O. The van der Waals surface area contributed by atoms with Gasteiger partial charge in [0.1, 0.15) is 5.75 Å². The number of hydrogen-bond acceptors (Lipinski definition) is 1. The summed E-state index contributed by atoms with van der Waals surface area (Å²) in [6.45, 7) is 1.75. The largest absolute Gasteiger partial charge is 0.481 e. The highest BCUT2D eigenvalue weighted by molar-refractivity contribution is 5.26. The van der Waals surface area contributed by atoms with Crippen molar-refractivity contribution in [2.45, 2.75) is 0 Å². The van der Waals surface area contributed by atoms with E-state index in [1.54, 1.807) is 6.61 Å². The summed E-state index contributed by atoms with van der Waals surface area (Å²) < 4.78 is 5.47. The topological polar surface area (TPSA) is 9.23 Å². The summed E-state index contributed by atoms with van der Waals surface area (Å²) >= 11 is 0. The van der Waals surface area contributed by atoms with Crippen LogP contribution in [0, 0.1) is 6.61 Å². The Bertz CT molecular complexity index is 327. The van der Waals surface area contributed by atoms with Crippen LogP contribution in [-0.4, -0.2) is 0 Å². The van der Waals surface area contributed by atoms with Gasteiger partial charge in [0, 0.05) is 0 Å². The second-order valence-electron chi connectivity index (χ2n) is 2.96. The average Bonchev–Trinajstić information content (AvgIpc) is 2.29. The minimum atomic E-state index is 0.858. The quantitative estimate of drug-likeness (QED) is 0.709. The third-order valence-electron chi connectivity index (χ3n) is 1.87. The molecule has 0 N–H and O–H groups in total. The maximum Gasteiger partial charge on any atom is 0.165 e. The lowest BCUT2D eigenvalue weighted by atomic mass is 10.2. The summed E-state index contributed by atoms with van der Waals surface area (Å²) in [7, 11) is 0. The molecule has 0 heterocycles. The fraction of sp³-hybridized carbons (Fsp3) is 0. The van der Waals surface area contributed by atoms with E-state index in [2.05, 4.69) is 0 Å². The van der Waals surface area contributed by atoms with Crippen molar-refractivity contribution in [2.24, 2.45) is 0 Å². The molecule has 0 aliphatic carbocycles. The van der Waals surface area contributed by atoms with Gasteiger partial charge in [-0.2, -0.15) is 0 Å². The molecule has 0 aliphatic heterocycles. The molecule has 0 aromatic heterocycles. The Morgan fingerprint density at radius 1 is 0.714 bits per heavy atom. The SMILES string of the molecule is [CH](Oc1ccccc1)c1ccccc1. The zero-order valence-electron chi connectivity index (χ0n) is 7.76. The van der Waals surface area contributed by atoms with Gasteiger partial charge in [-0.1, -0.05) is 48.5 Å². The number of hydrogen-bond donors (Lipinski definition) is 0. The Balaban J connectivity index is 1.96. The van der Waals surface area contributed by atoms with Gasteiger partial charge in [0.2, 0.25) is 0 Å². The molecule has 1 nitrogen and oxygen atoms in total. The van der Waals surface area contributed by atoms with E-state index in [1.807, 2.05) is 60.7 Å². The molecule has 1 radical (unpaired) electrons. The van der Waals surface area contributed by atoms with Crippen LogP contribution in [0.2, 0.25) is 0 Å². The van der Waals surface area contributed by atoms with E-state index in [4.69, 9.17) is 4.74 Å². The molecule has 0 bridgehead atoms. The lowest BCUT2D eigenvalue weighted by molar-refractivity contribution is 0.428. The number of ether oxygens (including phenoxy) is 1. The molecule has 0 atom stereocenters. The maximum absolute atomic E-state index is 5.47. The highest BCUT2D eigenvalue weighted by atomic mass is 16.5. The first kappa shape index (κ1) is 8.82. The van der Waals surface area contributed by atoms with E-state index in [-0.39, 0.29) is 0 Å². The van der Waals surface area contributed by atoms with Crippen molar-refractivity contribution in [3.63, 3.8) is 0 Å². The van der Waals surface area contributed by atoms with E-state index in [0.29, 0.717) is 0 Å². The Morgan fingerprint density at radius 2 is 1.29 bits per heavy atom. The minimum absolute atomic E-state index is 0.858. The minimum Gasteiger partial charge on any atom is -0.481 e. The fourth-order valence-electron chi connectivity index (χ4n) is 1.17. The molecule has 69 valence electrons. The highest BCUT2D eigenvalue weighted by Gasteiger charge is 1.93. The second-order valence-corrected chi connectivity index (χ2v) is 2.96. The van der Waals surface area contributed by atoms with Crippen molar-refractivity contribution in [3.05, 3.63) is 72.8 Å². The fourth-order valence-corrected chi connectivity index (χ4v) is 1.17. The Hall–Kier alpha value is -1.76. The van der Waals surface area contributed by atoms with E-state index >= 15 is 0 Å². The molecule has 2 aromatic rings. The molecular weight excluding hydrogens is 172 g/mol. The summed E-state index contributed by atoms with van der Waals surface area (Å²) in [5.74, 6) is 0.858. The summed E-state index contributed by atoms with van der Waals surface area (Å²) in [5, 5.41) is 0. The predicted octanol–water partition coefficient (Wildman–Crippen LogP) is 3.28. The van der Waals surface area contributed by atoms with Gasteiger partial charge in [-0.15, -0.1) is 0 Å². The number of benzene rings is 2. The highest BCUT2D eigenvalue weighted by Crippen LogP contribution is 2.12. The first-order valence-corrected chi connectivity index (χ1v) is 4.55. The zero-order chi connectivity index (χ0) is 9.64. The van der Waals surface area contributed by atoms with Crippen molar-refractivity contribution in [3.8, 4) is 5.75 Å². The third-order valence-corrected chi connectivity index (χ3v) is 1.87. The average molecular weight is 183 g/mol. The number of para-hydroxylation sites is 1. The smallest absolute Gasteiger partial charge is 0.165 e. The van der Waals surface area contributed by atoms with Crippen LogP contribution in [-0.2, 0) is 0 Å². The first-order valence-electron chi connectivity index (χ1n) is 4.55. The number of rotatable bonds is 3. The summed E-state index contributed by atoms with van der Waals surface area (Å²) in [6.07, 6.45) is 0. The Morgan fingerprint density at radius 3 is 1.93 bits per heavy atom. The van der Waals surface area contributed by atoms with Crippen LogP contribution in [0.15, 0.2) is 60.7 Å². The molecule has 2 rings (SSSR count). The van der Waals surface area contributed by atoms with Crippen molar-refractivity contribution in [2.75, 3.05) is 0 Å². The molecule has 0 saturated carbocycles. The molecule has 0 spiro atoms. The van der Waals surface area contributed by atoms with Gasteiger partial charge < -0.3 is 4.74 Å². The second kappa shape index (κ2) is 4.47.